The Hall–Kier alpha value is -1.92. The average molecular weight is 262 g/mol. The van der Waals surface area contributed by atoms with Gasteiger partial charge in [-0.2, -0.15) is 0 Å². The van der Waals surface area contributed by atoms with E-state index < -0.39 is 0 Å². The van der Waals surface area contributed by atoms with E-state index in [0.717, 1.165) is 16.8 Å². The fourth-order valence-corrected chi connectivity index (χ4v) is 2.23. The lowest BCUT2D eigenvalue weighted by molar-refractivity contribution is -0.122. The van der Waals surface area contributed by atoms with Crippen molar-refractivity contribution in [2.24, 2.45) is 5.73 Å². The number of nitrogens with one attached hydrogen (secondary N) is 2. The highest BCUT2D eigenvalue weighted by molar-refractivity contribution is 6.00. The molecule has 0 aliphatic carbocycles. The fourth-order valence-electron chi connectivity index (χ4n) is 2.23. The van der Waals surface area contributed by atoms with E-state index in [1.165, 1.54) is 0 Å². The molecule has 1 aliphatic heterocycles. The summed E-state index contributed by atoms with van der Waals surface area (Å²) in [5.74, 6) is -0.0858. The normalized spacial score (nSPS) is 15.3. The third-order valence-electron chi connectivity index (χ3n) is 3.28. The lowest BCUT2D eigenvalue weighted by Crippen LogP contribution is -2.36. The molecule has 1 unspecified atom stereocenters. The van der Waals surface area contributed by atoms with E-state index in [4.69, 9.17) is 5.73 Å². The third-order valence-corrected chi connectivity index (χ3v) is 3.28. The Kier molecular flexibility index (Phi) is 3.82. The van der Waals surface area contributed by atoms with Gasteiger partial charge in [-0.15, -0.1) is 0 Å². The van der Waals surface area contributed by atoms with Crippen LogP contribution in [0, 0.1) is 0 Å². The molecule has 6 nitrogen and oxygen atoms in total. The highest BCUT2D eigenvalue weighted by Crippen LogP contribution is 2.30. The SMILES string of the molecule is CNNC(=O)CC(N)c1ccc2c(c1)CC(=O)N2C. The second-order valence-electron chi connectivity index (χ2n) is 4.63. The number of nitrogens with zero attached hydrogens (tertiary/aromatic N) is 1. The molecule has 6 heteroatoms. The van der Waals surface area contributed by atoms with Crippen molar-refractivity contribution < 1.29 is 9.59 Å². The van der Waals surface area contributed by atoms with E-state index in [1.54, 1.807) is 19.0 Å². The summed E-state index contributed by atoms with van der Waals surface area (Å²) in [5, 5.41) is 0. The zero-order valence-electron chi connectivity index (χ0n) is 11.1. The fraction of sp³-hybridized carbons (Fsp3) is 0.385. The van der Waals surface area contributed by atoms with Gasteiger partial charge in [0, 0.05) is 32.2 Å². The molecular weight excluding hydrogens is 244 g/mol. The third kappa shape index (κ3) is 2.74. The van der Waals surface area contributed by atoms with Gasteiger partial charge in [-0.25, -0.2) is 5.43 Å². The van der Waals surface area contributed by atoms with Crippen LogP contribution in [0.15, 0.2) is 18.2 Å². The number of anilines is 1. The van der Waals surface area contributed by atoms with Crippen LogP contribution in [0.4, 0.5) is 5.69 Å². The Morgan fingerprint density at radius 3 is 2.95 bits per heavy atom. The zero-order valence-corrected chi connectivity index (χ0v) is 11.1. The number of amides is 2. The molecule has 1 atom stereocenters. The summed E-state index contributed by atoms with van der Waals surface area (Å²) in [6.07, 6.45) is 0.596. The van der Waals surface area contributed by atoms with Crippen molar-refractivity contribution in [2.45, 2.75) is 18.9 Å². The summed E-state index contributed by atoms with van der Waals surface area (Å²) in [6.45, 7) is 0. The van der Waals surface area contributed by atoms with Crippen LogP contribution < -0.4 is 21.5 Å². The van der Waals surface area contributed by atoms with Crippen molar-refractivity contribution in [3.8, 4) is 0 Å². The quantitative estimate of drug-likeness (QED) is 0.658. The lowest BCUT2D eigenvalue weighted by atomic mass is 10.0. The van der Waals surface area contributed by atoms with Crippen LogP contribution in [0.2, 0.25) is 0 Å². The molecule has 0 radical (unpaired) electrons. The summed E-state index contributed by atoms with van der Waals surface area (Å²) >= 11 is 0. The standard InChI is InChI=1S/C13H18N4O2/c1-15-16-12(18)7-10(14)8-3-4-11-9(5-8)6-13(19)17(11)2/h3-5,10,15H,6-7,14H2,1-2H3,(H,16,18). The van der Waals surface area contributed by atoms with Crippen LogP contribution in [0.5, 0.6) is 0 Å². The Balaban J connectivity index is 2.13. The van der Waals surface area contributed by atoms with E-state index >= 15 is 0 Å². The molecule has 2 rings (SSSR count). The smallest absolute Gasteiger partial charge is 0.235 e. The van der Waals surface area contributed by atoms with Gasteiger partial charge in [0.05, 0.1) is 6.42 Å². The van der Waals surface area contributed by atoms with E-state index in [-0.39, 0.29) is 24.3 Å². The molecule has 0 saturated carbocycles. The second-order valence-corrected chi connectivity index (χ2v) is 4.63. The number of hydrazine groups is 1. The molecule has 19 heavy (non-hydrogen) atoms. The van der Waals surface area contributed by atoms with Crippen LogP contribution in [0.3, 0.4) is 0 Å². The minimum atomic E-state index is -0.375. The molecule has 0 spiro atoms. The van der Waals surface area contributed by atoms with Gasteiger partial charge in [-0.3, -0.25) is 15.0 Å². The van der Waals surface area contributed by atoms with Crippen LogP contribution in [-0.4, -0.2) is 25.9 Å². The molecule has 4 N–H and O–H groups in total. The molecule has 0 saturated heterocycles. The maximum atomic E-state index is 11.6. The number of hydrogen-bond acceptors (Lipinski definition) is 4. The summed E-state index contributed by atoms with van der Waals surface area (Å²) < 4.78 is 0. The van der Waals surface area contributed by atoms with Crippen LogP contribution in [-0.2, 0) is 16.0 Å². The van der Waals surface area contributed by atoms with Gasteiger partial charge in [0.2, 0.25) is 11.8 Å². The minimum absolute atomic E-state index is 0.0775. The van der Waals surface area contributed by atoms with Crippen LogP contribution >= 0.6 is 0 Å². The first-order valence-electron chi connectivity index (χ1n) is 6.13. The number of carbonyl (C=O) groups is 2. The predicted octanol–water partition coefficient (Wildman–Crippen LogP) is -0.154. The topological polar surface area (TPSA) is 87.5 Å². The predicted molar refractivity (Wildman–Crippen MR) is 72.3 cm³/mol. The Morgan fingerprint density at radius 2 is 2.26 bits per heavy atom. The summed E-state index contributed by atoms with van der Waals surface area (Å²) in [6, 6.07) is 5.28. The monoisotopic (exact) mass is 262 g/mol. The maximum absolute atomic E-state index is 11.6. The summed E-state index contributed by atoms with van der Waals surface area (Å²) in [7, 11) is 3.38. The van der Waals surface area contributed by atoms with Crippen molar-refractivity contribution in [1.29, 1.82) is 0 Å². The first-order chi connectivity index (χ1) is 9.02. The Bertz CT molecular complexity index is 515. The van der Waals surface area contributed by atoms with Gasteiger partial charge in [0.15, 0.2) is 0 Å². The van der Waals surface area contributed by atoms with Gasteiger partial charge in [-0.1, -0.05) is 12.1 Å². The first-order valence-corrected chi connectivity index (χ1v) is 6.13. The molecule has 1 aliphatic rings. The van der Waals surface area contributed by atoms with Gasteiger partial charge >= 0.3 is 0 Å². The molecule has 1 heterocycles. The molecule has 0 fully saturated rings. The van der Waals surface area contributed by atoms with Crippen molar-refractivity contribution in [3.63, 3.8) is 0 Å². The van der Waals surface area contributed by atoms with Crippen molar-refractivity contribution >= 4 is 17.5 Å². The van der Waals surface area contributed by atoms with Crippen molar-refractivity contribution in [2.75, 3.05) is 19.0 Å². The van der Waals surface area contributed by atoms with Gasteiger partial charge < -0.3 is 10.6 Å². The number of carbonyl (C=O) groups excluding carboxylic acids is 2. The number of hydrogen-bond donors (Lipinski definition) is 3. The molecule has 2 amide bonds. The van der Waals surface area contributed by atoms with Gasteiger partial charge in [0.25, 0.3) is 0 Å². The van der Waals surface area contributed by atoms with Crippen LogP contribution in [0.25, 0.3) is 0 Å². The van der Waals surface area contributed by atoms with E-state index in [0.29, 0.717) is 6.42 Å². The lowest BCUT2D eigenvalue weighted by Gasteiger charge is -2.14. The molecule has 1 aromatic carbocycles. The highest BCUT2D eigenvalue weighted by Gasteiger charge is 2.24. The second kappa shape index (κ2) is 5.38. The highest BCUT2D eigenvalue weighted by atomic mass is 16.2. The average Bonchev–Trinajstić information content (AvgIpc) is 2.65. The number of likely N-dealkylation sites (N-methyl/N-ethyl adjacent to an activating group) is 1. The Morgan fingerprint density at radius 1 is 1.53 bits per heavy atom. The van der Waals surface area contributed by atoms with Crippen molar-refractivity contribution in [1.82, 2.24) is 10.9 Å². The number of rotatable bonds is 4. The Labute approximate surface area is 111 Å². The molecule has 1 aromatic rings. The van der Waals surface area contributed by atoms with E-state index in [1.807, 2.05) is 18.2 Å². The van der Waals surface area contributed by atoms with Crippen molar-refractivity contribution in [3.05, 3.63) is 29.3 Å². The van der Waals surface area contributed by atoms with E-state index in [9.17, 15) is 9.59 Å². The van der Waals surface area contributed by atoms with E-state index in [2.05, 4.69) is 10.9 Å². The first kappa shape index (κ1) is 13.5. The summed E-state index contributed by atoms with van der Waals surface area (Å²) in [5.41, 5.74) is 13.8. The number of fused-ring (bicyclic) bond motifs is 1. The molecule has 0 bridgehead atoms. The van der Waals surface area contributed by atoms with Crippen LogP contribution in [0.1, 0.15) is 23.6 Å². The zero-order chi connectivity index (χ0) is 14.0. The van der Waals surface area contributed by atoms with Gasteiger partial charge in [-0.05, 0) is 17.2 Å². The molecule has 0 aromatic heterocycles. The van der Waals surface area contributed by atoms with Gasteiger partial charge in [0.1, 0.15) is 0 Å². The number of nitrogens with two attached hydrogens (primary N) is 1. The maximum Gasteiger partial charge on any atom is 0.235 e. The minimum Gasteiger partial charge on any atom is -0.324 e. The molecular formula is C13H18N4O2. The molecule has 102 valence electrons. The largest absolute Gasteiger partial charge is 0.324 e. The summed E-state index contributed by atoms with van der Waals surface area (Å²) in [4.78, 5) is 24.7. The number of benzene rings is 1.